The Hall–Kier alpha value is -1.74. The van der Waals surface area contributed by atoms with E-state index < -0.39 is 0 Å². The van der Waals surface area contributed by atoms with Gasteiger partial charge in [0.1, 0.15) is 6.33 Å². The summed E-state index contributed by atoms with van der Waals surface area (Å²) >= 11 is 0. The Morgan fingerprint density at radius 1 is 1.17 bits per heavy atom. The Morgan fingerprint density at radius 3 is 2.78 bits per heavy atom. The molecule has 0 bridgehead atoms. The molecule has 0 saturated heterocycles. The zero-order chi connectivity index (χ0) is 12.4. The van der Waals surface area contributed by atoms with E-state index in [0.29, 0.717) is 5.92 Å². The number of aromatic nitrogens is 2. The van der Waals surface area contributed by atoms with Crippen LogP contribution in [0.1, 0.15) is 41.5 Å². The van der Waals surface area contributed by atoms with Crippen molar-refractivity contribution in [2.45, 2.75) is 31.2 Å². The number of hydrogen-bond acceptors (Lipinski definition) is 3. The van der Waals surface area contributed by atoms with Gasteiger partial charge in [0.2, 0.25) is 0 Å². The van der Waals surface area contributed by atoms with Crippen LogP contribution in [-0.2, 0) is 6.42 Å². The molecule has 2 N–H and O–H groups in total. The summed E-state index contributed by atoms with van der Waals surface area (Å²) in [6.45, 7) is 0. The smallest absolute Gasteiger partial charge is 0.115 e. The number of hydrogen-bond donors (Lipinski definition) is 1. The average molecular weight is 239 g/mol. The number of rotatable bonds is 2. The lowest BCUT2D eigenvalue weighted by Gasteiger charge is -2.30. The normalized spacial score (nSPS) is 20.2. The van der Waals surface area contributed by atoms with Crippen LogP contribution in [0.2, 0.25) is 0 Å². The molecule has 1 heterocycles. The van der Waals surface area contributed by atoms with Crippen molar-refractivity contribution < 1.29 is 0 Å². The van der Waals surface area contributed by atoms with Gasteiger partial charge in [-0.2, -0.15) is 0 Å². The van der Waals surface area contributed by atoms with Crippen LogP contribution in [0.25, 0.3) is 0 Å². The van der Waals surface area contributed by atoms with Gasteiger partial charge < -0.3 is 5.73 Å². The highest BCUT2D eigenvalue weighted by atomic mass is 14.8. The molecule has 0 amide bonds. The first-order valence-electron chi connectivity index (χ1n) is 6.44. The van der Waals surface area contributed by atoms with Gasteiger partial charge >= 0.3 is 0 Å². The van der Waals surface area contributed by atoms with E-state index >= 15 is 0 Å². The largest absolute Gasteiger partial charge is 0.323 e. The van der Waals surface area contributed by atoms with Crippen molar-refractivity contribution in [3.05, 3.63) is 59.7 Å². The molecule has 18 heavy (non-hydrogen) atoms. The predicted octanol–water partition coefficient (Wildman–Crippen LogP) is 2.60. The van der Waals surface area contributed by atoms with Crippen LogP contribution >= 0.6 is 0 Å². The molecule has 1 aliphatic rings. The van der Waals surface area contributed by atoms with Gasteiger partial charge in [0, 0.05) is 29.9 Å². The molecule has 2 aromatic rings. The molecular formula is C15H17N3. The maximum atomic E-state index is 6.40. The molecule has 1 aliphatic carbocycles. The topological polar surface area (TPSA) is 51.8 Å². The Morgan fingerprint density at radius 2 is 1.94 bits per heavy atom. The Labute approximate surface area is 107 Å². The minimum absolute atomic E-state index is 0.00681. The third-order valence-electron chi connectivity index (χ3n) is 3.81. The maximum Gasteiger partial charge on any atom is 0.115 e. The molecule has 2 atom stereocenters. The van der Waals surface area contributed by atoms with Gasteiger partial charge in [0.25, 0.3) is 0 Å². The van der Waals surface area contributed by atoms with Crippen LogP contribution in [0, 0.1) is 0 Å². The van der Waals surface area contributed by atoms with Crippen LogP contribution in [0.15, 0.2) is 43.0 Å². The summed E-state index contributed by atoms with van der Waals surface area (Å²) in [7, 11) is 0. The van der Waals surface area contributed by atoms with Gasteiger partial charge in [-0.1, -0.05) is 24.3 Å². The lowest BCUT2D eigenvalue weighted by Crippen LogP contribution is -2.23. The Bertz CT molecular complexity index is 524. The molecule has 0 aliphatic heterocycles. The van der Waals surface area contributed by atoms with Gasteiger partial charge in [0.15, 0.2) is 0 Å². The minimum Gasteiger partial charge on any atom is -0.323 e. The maximum absolute atomic E-state index is 6.40. The van der Waals surface area contributed by atoms with E-state index in [-0.39, 0.29) is 6.04 Å². The molecule has 3 nitrogen and oxygen atoms in total. The number of aryl methyl sites for hydroxylation is 1. The molecule has 2 unspecified atom stereocenters. The van der Waals surface area contributed by atoms with E-state index in [1.54, 1.807) is 6.33 Å². The van der Waals surface area contributed by atoms with Crippen molar-refractivity contribution in [1.29, 1.82) is 0 Å². The standard InChI is InChI=1S/C15H17N3/c16-15(12-8-17-10-18-9-12)14-7-3-5-11-4-1-2-6-13(11)14/h1-2,4,6,8-10,14-15H,3,5,7,16H2. The molecule has 0 spiro atoms. The number of fused-ring (bicyclic) bond motifs is 1. The first-order valence-corrected chi connectivity index (χ1v) is 6.44. The molecule has 0 fully saturated rings. The van der Waals surface area contributed by atoms with Gasteiger partial charge in [-0.05, 0) is 30.4 Å². The SMILES string of the molecule is NC(c1cncnc1)C1CCCc2ccccc21. The van der Waals surface area contributed by atoms with Gasteiger partial charge in [-0.3, -0.25) is 0 Å². The summed E-state index contributed by atoms with van der Waals surface area (Å²) in [5, 5.41) is 0. The van der Waals surface area contributed by atoms with Crippen molar-refractivity contribution in [2.24, 2.45) is 5.73 Å². The highest BCUT2D eigenvalue weighted by Gasteiger charge is 2.26. The van der Waals surface area contributed by atoms with E-state index in [9.17, 15) is 0 Å². The van der Waals surface area contributed by atoms with Crippen LogP contribution in [0.4, 0.5) is 0 Å². The van der Waals surface area contributed by atoms with Crippen LogP contribution in [-0.4, -0.2) is 9.97 Å². The average Bonchev–Trinajstić information content (AvgIpc) is 2.47. The summed E-state index contributed by atoms with van der Waals surface area (Å²) in [6, 6.07) is 8.63. The second-order valence-corrected chi connectivity index (χ2v) is 4.90. The van der Waals surface area contributed by atoms with E-state index in [0.717, 1.165) is 12.0 Å². The monoisotopic (exact) mass is 239 g/mol. The van der Waals surface area contributed by atoms with Crippen molar-refractivity contribution in [2.75, 3.05) is 0 Å². The van der Waals surface area contributed by atoms with Crippen molar-refractivity contribution in [3.63, 3.8) is 0 Å². The summed E-state index contributed by atoms with van der Waals surface area (Å²) in [6.07, 6.45) is 8.73. The first kappa shape index (κ1) is 11.4. The predicted molar refractivity (Wildman–Crippen MR) is 71.1 cm³/mol. The summed E-state index contributed by atoms with van der Waals surface area (Å²) in [5.41, 5.74) is 10.3. The van der Waals surface area contributed by atoms with Crippen LogP contribution in [0.5, 0.6) is 0 Å². The summed E-state index contributed by atoms with van der Waals surface area (Å²) < 4.78 is 0. The lowest BCUT2D eigenvalue weighted by molar-refractivity contribution is 0.473. The molecule has 3 heteroatoms. The molecule has 0 radical (unpaired) electrons. The van der Waals surface area contributed by atoms with E-state index in [1.165, 1.54) is 24.0 Å². The number of nitrogens with zero attached hydrogens (tertiary/aromatic N) is 2. The van der Waals surface area contributed by atoms with E-state index in [4.69, 9.17) is 5.73 Å². The molecule has 92 valence electrons. The molecule has 0 saturated carbocycles. The highest BCUT2D eigenvalue weighted by molar-refractivity contribution is 5.35. The zero-order valence-corrected chi connectivity index (χ0v) is 10.3. The van der Waals surface area contributed by atoms with E-state index in [1.807, 2.05) is 12.4 Å². The Balaban J connectivity index is 1.94. The Kier molecular flexibility index (Phi) is 3.07. The lowest BCUT2D eigenvalue weighted by atomic mass is 9.77. The summed E-state index contributed by atoms with van der Waals surface area (Å²) in [4.78, 5) is 8.13. The fourth-order valence-corrected chi connectivity index (χ4v) is 2.88. The fraction of sp³-hybridized carbons (Fsp3) is 0.333. The van der Waals surface area contributed by atoms with Crippen molar-refractivity contribution in [3.8, 4) is 0 Å². The van der Waals surface area contributed by atoms with Crippen LogP contribution in [0.3, 0.4) is 0 Å². The molecule has 1 aromatic heterocycles. The van der Waals surface area contributed by atoms with Gasteiger partial charge in [-0.15, -0.1) is 0 Å². The van der Waals surface area contributed by atoms with Crippen molar-refractivity contribution >= 4 is 0 Å². The van der Waals surface area contributed by atoms with Crippen LogP contribution < -0.4 is 5.73 Å². The summed E-state index contributed by atoms with van der Waals surface area (Å²) in [5.74, 6) is 0.390. The van der Waals surface area contributed by atoms with Crippen molar-refractivity contribution in [1.82, 2.24) is 9.97 Å². The highest BCUT2D eigenvalue weighted by Crippen LogP contribution is 2.38. The minimum atomic E-state index is -0.00681. The third-order valence-corrected chi connectivity index (χ3v) is 3.81. The number of nitrogens with two attached hydrogens (primary N) is 1. The quantitative estimate of drug-likeness (QED) is 0.876. The first-order chi connectivity index (χ1) is 8.86. The number of benzene rings is 1. The zero-order valence-electron chi connectivity index (χ0n) is 10.3. The van der Waals surface area contributed by atoms with Gasteiger partial charge in [0.05, 0.1) is 0 Å². The second kappa shape index (κ2) is 4.86. The molecule has 1 aromatic carbocycles. The van der Waals surface area contributed by atoms with Gasteiger partial charge in [-0.25, -0.2) is 9.97 Å². The fourth-order valence-electron chi connectivity index (χ4n) is 2.88. The third kappa shape index (κ3) is 2.02. The molecule has 3 rings (SSSR count). The molecular weight excluding hydrogens is 222 g/mol. The van der Waals surface area contributed by atoms with E-state index in [2.05, 4.69) is 34.2 Å². The second-order valence-electron chi connectivity index (χ2n) is 4.90.